The molecule has 0 fully saturated rings. The molecule has 2 aromatic carbocycles. The molecule has 0 atom stereocenters. The molecule has 224 valence electrons. The van der Waals surface area contributed by atoms with Crippen LogP contribution >= 0.6 is 0 Å². The number of alkyl halides is 6. The van der Waals surface area contributed by atoms with Gasteiger partial charge in [0.1, 0.15) is 24.7 Å². The summed E-state index contributed by atoms with van der Waals surface area (Å²) in [6.45, 7) is -0.614. The van der Waals surface area contributed by atoms with Gasteiger partial charge in [0.25, 0.3) is 0 Å². The summed E-state index contributed by atoms with van der Waals surface area (Å²) in [6, 6.07) is 8.98. The van der Waals surface area contributed by atoms with Crippen molar-refractivity contribution in [1.29, 1.82) is 0 Å². The van der Waals surface area contributed by atoms with E-state index in [1.807, 2.05) is 0 Å². The molecule has 5 rings (SSSR count). The summed E-state index contributed by atoms with van der Waals surface area (Å²) in [5, 5.41) is 45.6. The highest BCUT2D eigenvalue weighted by Crippen LogP contribution is 2.38. The number of pyridine rings is 1. The first-order valence-electron chi connectivity index (χ1n) is 12.0. The molecule has 5 N–H and O–H groups in total. The smallest absolute Gasteiger partial charge is 0.416 e. The van der Waals surface area contributed by atoms with Crippen LogP contribution in [-0.2, 0) is 12.4 Å². The number of ether oxygens (including phenoxy) is 2. The van der Waals surface area contributed by atoms with Gasteiger partial charge in [0, 0.05) is 29.1 Å². The van der Waals surface area contributed by atoms with Gasteiger partial charge in [-0.2, -0.15) is 31.6 Å². The molecule has 2 aromatic heterocycles. The summed E-state index contributed by atoms with van der Waals surface area (Å²) >= 11 is 0. The van der Waals surface area contributed by atoms with E-state index < -0.39 is 46.5 Å². The van der Waals surface area contributed by atoms with Crippen molar-refractivity contribution in [2.75, 3.05) is 18.5 Å². The van der Waals surface area contributed by atoms with E-state index in [4.69, 9.17) is 9.47 Å². The molecule has 2 heterocycles. The number of aliphatic hydroxyl groups is 3. The predicted octanol–water partition coefficient (Wildman–Crippen LogP) is 5.95. The summed E-state index contributed by atoms with van der Waals surface area (Å²) in [6.07, 6.45) is -8.57. The van der Waals surface area contributed by atoms with E-state index >= 15 is 0 Å². The Balaban J connectivity index is 1.27. The number of nitrogens with zero attached hydrogens (tertiary/aromatic N) is 4. The Labute approximate surface area is 236 Å². The van der Waals surface area contributed by atoms with Crippen molar-refractivity contribution in [1.82, 2.24) is 25.6 Å². The highest BCUT2D eigenvalue weighted by Gasteiger charge is 2.37. The number of aliphatic hydroxyl groups excluding tert-OH is 3. The lowest BCUT2D eigenvalue weighted by atomic mass is 10.0. The SMILES string of the molecule is OC1=C(O)C(Nc2cc(-c3ccc(OCCOc4cc(C(F)(F)F)cc(C(F)(F)F)c4)nc3)cc(-c3nn[nH]n3)c2)=C1O. The van der Waals surface area contributed by atoms with Crippen molar-refractivity contribution in [3.8, 4) is 34.1 Å². The number of aromatic nitrogens is 5. The number of anilines is 1. The minimum absolute atomic E-state index is 0.00596. The van der Waals surface area contributed by atoms with Crippen LogP contribution in [0.15, 0.2) is 77.7 Å². The average Bonchev–Trinajstić information content (AvgIpc) is 3.52. The monoisotopic (exact) mass is 608 g/mol. The van der Waals surface area contributed by atoms with Gasteiger partial charge in [-0.15, -0.1) is 10.2 Å². The molecule has 4 aromatic rings. The van der Waals surface area contributed by atoms with Gasteiger partial charge in [-0.1, -0.05) is 0 Å². The van der Waals surface area contributed by atoms with Gasteiger partial charge in [-0.05, 0) is 53.2 Å². The summed E-state index contributed by atoms with van der Waals surface area (Å²) in [7, 11) is 0. The number of halogens is 6. The first-order valence-corrected chi connectivity index (χ1v) is 12.0. The van der Waals surface area contributed by atoms with Crippen LogP contribution in [0, 0.1) is 0 Å². The standard InChI is InChI=1S/C26H18F6N6O5/c27-25(28,29)15-8-16(26(30,31)32)10-18(9-15)42-3-4-43-19-2-1-12(11-33-19)13-5-14(24-35-37-38-36-24)7-17(6-13)34-20-21(39)23(41)22(20)40/h1-2,5-11,34,39-41H,3-4H2,(H,35,36,37,38). The van der Waals surface area contributed by atoms with Gasteiger partial charge < -0.3 is 30.1 Å². The number of tetrazole rings is 1. The van der Waals surface area contributed by atoms with Gasteiger partial charge in [0.15, 0.2) is 11.5 Å². The lowest BCUT2D eigenvalue weighted by Gasteiger charge is -2.21. The Morgan fingerprint density at radius 2 is 1.42 bits per heavy atom. The fourth-order valence-corrected chi connectivity index (χ4v) is 3.89. The van der Waals surface area contributed by atoms with Crippen LogP contribution in [0.2, 0.25) is 0 Å². The molecule has 0 spiro atoms. The van der Waals surface area contributed by atoms with E-state index in [9.17, 15) is 41.7 Å². The second-order valence-corrected chi connectivity index (χ2v) is 8.90. The third kappa shape index (κ3) is 6.39. The van der Waals surface area contributed by atoms with Gasteiger partial charge in [0.05, 0.1) is 11.1 Å². The molecular weight excluding hydrogens is 590 g/mol. The number of hydrogen-bond donors (Lipinski definition) is 5. The van der Waals surface area contributed by atoms with Crippen molar-refractivity contribution < 1.29 is 51.1 Å². The lowest BCUT2D eigenvalue weighted by molar-refractivity contribution is -0.143. The topological polar surface area (TPSA) is 159 Å². The fourth-order valence-electron chi connectivity index (χ4n) is 3.89. The molecule has 17 heteroatoms. The largest absolute Gasteiger partial charge is 0.503 e. The van der Waals surface area contributed by atoms with E-state index in [1.165, 1.54) is 12.3 Å². The lowest BCUT2D eigenvalue weighted by Crippen LogP contribution is -2.18. The van der Waals surface area contributed by atoms with Crippen LogP contribution in [-0.4, -0.2) is 54.1 Å². The molecule has 0 radical (unpaired) electrons. The molecule has 11 nitrogen and oxygen atoms in total. The number of rotatable bonds is 9. The molecule has 1 aliphatic carbocycles. The molecule has 0 saturated heterocycles. The van der Waals surface area contributed by atoms with Gasteiger partial charge >= 0.3 is 12.4 Å². The van der Waals surface area contributed by atoms with E-state index in [0.717, 1.165) is 0 Å². The quantitative estimate of drug-likeness (QED) is 0.114. The van der Waals surface area contributed by atoms with Crippen molar-refractivity contribution in [3.05, 3.63) is 88.8 Å². The minimum Gasteiger partial charge on any atom is -0.503 e. The van der Waals surface area contributed by atoms with E-state index in [0.29, 0.717) is 34.5 Å². The van der Waals surface area contributed by atoms with Gasteiger partial charge in [0.2, 0.25) is 17.5 Å². The normalized spacial score (nSPS) is 13.6. The Kier molecular flexibility index (Phi) is 7.47. The second kappa shape index (κ2) is 11.1. The molecule has 0 amide bonds. The highest BCUT2D eigenvalue weighted by molar-refractivity contribution is 5.77. The van der Waals surface area contributed by atoms with Crippen molar-refractivity contribution in [2.24, 2.45) is 0 Å². The minimum atomic E-state index is -5.00. The number of benzene rings is 2. The predicted molar refractivity (Wildman–Crippen MR) is 136 cm³/mol. The zero-order valence-corrected chi connectivity index (χ0v) is 21.3. The Bertz CT molecular complexity index is 1670. The third-order valence-electron chi connectivity index (χ3n) is 5.96. The van der Waals surface area contributed by atoms with E-state index in [-0.39, 0.29) is 36.7 Å². The summed E-state index contributed by atoms with van der Waals surface area (Å²) in [4.78, 5) is 4.16. The number of nitrogens with one attached hydrogen (secondary N) is 2. The second-order valence-electron chi connectivity index (χ2n) is 8.90. The van der Waals surface area contributed by atoms with Crippen molar-refractivity contribution in [3.63, 3.8) is 0 Å². The number of H-pyrrole nitrogens is 1. The maximum atomic E-state index is 13.0. The van der Waals surface area contributed by atoms with Crippen molar-refractivity contribution >= 4 is 5.69 Å². The Morgan fingerprint density at radius 1 is 0.744 bits per heavy atom. The molecule has 0 aliphatic heterocycles. The van der Waals surface area contributed by atoms with Gasteiger partial charge in [-0.25, -0.2) is 4.98 Å². The van der Waals surface area contributed by atoms with Crippen molar-refractivity contribution in [2.45, 2.75) is 12.4 Å². The van der Waals surface area contributed by atoms with E-state index in [1.54, 1.807) is 24.3 Å². The average molecular weight is 608 g/mol. The summed E-state index contributed by atoms with van der Waals surface area (Å²) in [5.74, 6) is -1.99. The summed E-state index contributed by atoms with van der Waals surface area (Å²) < 4.78 is 88.7. The maximum Gasteiger partial charge on any atom is 0.416 e. The first-order chi connectivity index (χ1) is 20.3. The van der Waals surface area contributed by atoms with Crippen LogP contribution in [0.1, 0.15) is 11.1 Å². The zero-order chi connectivity index (χ0) is 30.9. The maximum absolute atomic E-state index is 13.0. The summed E-state index contributed by atoms with van der Waals surface area (Å²) in [5.41, 5.74) is -1.09. The first kappa shape index (κ1) is 29.0. The van der Waals surface area contributed by atoms with E-state index in [2.05, 4.69) is 30.9 Å². The van der Waals surface area contributed by atoms with Crippen LogP contribution < -0.4 is 14.8 Å². The molecule has 43 heavy (non-hydrogen) atoms. The Hall–Kier alpha value is -5.48. The molecule has 0 bridgehead atoms. The third-order valence-corrected chi connectivity index (χ3v) is 5.96. The fraction of sp³-hybridized carbons (Fsp3) is 0.154. The highest BCUT2D eigenvalue weighted by atomic mass is 19.4. The molecule has 0 saturated carbocycles. The van der Waals surface area contributed by atoms with Gasteiger partial charge in [-0.3, -0.25) is 0 Å². The Morgan fingerprint density at radius 3 is 2.00 bits per heavy atom. The van der Waals surface area contributed by atoms with Crippen LogP contribution in [0.3, 0.4) is 0 Å². The number of aromatic amines is 1. The number of hydrogen-bond acceptors (Lipinski definition) is 10. The van der Waals surface area contributed by atoms with Crippen LogP contribution in [0.25, 0.3) is 22.5 Å². The molecular formula is C26H18F6N6O5. The molecule has 1 aliphatic rings. The van der Waals surface area contributed by atoms with Crippen LogP contribution in [0.4, 0.5) is 32.0 Å². The zero-order valence-electron chi connectivity index (χ0n) is 21.3. The molecule has 0 unspecified atom stereocenters. The van der Waals surface area contributed by atoms with Crippen LogP contribution in [0.5, 0.6) is 11.6 Å².